The molecule has 6 heteroatoms. The van der Waals surface area contributed by atoms with Crippen LogP contribution in [-0.4, -0.2) is 35.3 Å². The number of nitrogens with zero attached hydrogens (tertiary/aromatic N) is 2. The number of anilines is 1. The van der Waals surface area contributed by atoms with Crippen molar-refractivity contribution in [3.8, 4) is 17.0 Å². The maximum absolute atomic E-state index is 11.8. The third-order valence-electron chi connectivity index (χ3n) is 7.32. The lowest BCUT2D eigenvalue weighted by atomic mass is 9.81. The molecule has 0 bridgehead atoms. The largest absolute Gasteiger partial charge is 0.497 e. The number of hydrogen-bond donors (Lipinski definition) is 1. The van der Waals surface area contributed by atoms with Crippen LogP contribution in [0.5, 0.6) is 5.75 Å². The van der Waals surface area contributed by atoms with E-state index in [9.17, 15) is 9.90 Å². The van der Waals surface area contributed by atoms with E-state index >= 15 is 0 Å². The van der Waals surface area contributed by atoms with E-state index < -0.39 is 5.97 Å². The van der Waals surface area contributed by atoms with Gasteiger partial charge in [0.05, 0.1) is 24.1 Å². The zero-order chi connectivity index (χ0) is 22.4. The second-order valence-corrected chi connectivity index (χ2v) is 9.46. The summed E-state index contributed by atoms with van der Waals surface area (Å²) in [5, 5.41) is 10.9. The Balaban J connectivity index is 0.00000259. The minimum atomic E-state index is -0.871. The van der Waals surface area contributed by atoms with Crippen molar-refractivity contribution < 1.29 is 14.6 Å². The lowest BCUT2D eigenvalue weighted by Crippen LogP contribution is -2.32. The van der Waals surface area contributed by atoms with Gasteiger partial charge in [-0.3, -0.25) is 0 Å². The number of carbonyl (C=O) groups is 1. The first-order valence-corrected chi connectivity index (χ1v) is 11.8. The molecule has 0 unspecified atom stereocenters. The summed E-state index contributed by atoms with van der Waals surface area (Å²) < 4.78 is 7.97. The number of ether oxygens (including phenoxy) is 1. The van der Waals surface area contributed by atoms with Crippen LogP contribution in [0, 0.1) is 0 Å². The summed E-state index contributed by atoms with van der Waals surface area (Å²) in [7, 11) is 1.72. The molecule has 1 N–H and O–H groups in total. The van der Waals surface area contributed by atoms with Gasteiger partial charge in [-0.1, -0.05) is 25.3 Å². The van der Waals surface area contributed by atoms with Gasteiger partial charge < -0.3 is 19.3 Å². The van der Waals surface area contributed by atoms with Gasteiger partial charge in [-0.2, -0.15) is 0 Å². The van der Waals surface area contributed by atoms with Gasteiger partial charge in [-0.05, 0) is 62.4 Å². The number of aromatic nitrogens is 1. The highest BCUT2D eigenvalue weighted by Crippen LogP contribution is 2.48. The van der Waals surface area contributed by atoms with Crippen LogP contribution in [-0.2, 0) is 6.54 Å². The number of aromatic carboxylic acids is 1. The van der Waals surface area contributed by atoms with E-state index in [-0.39, 0.29) is 12.4 Å². The number of halogens is 1. The molecule has 1 aliphatic heterocycles. The first kappa shape index (κ1) is 23.5. The van der Waals surface area contributed by atoms with Crippen LogP contribution in [0.2, 0.25) is 0 Å². The molecule has 0 radical (unpaired) electrons. The van der Waals surface area contributed by atoms with Crippen LogP contribution < -0.4 is 9.64 Å². The number of fused-ring (bicyclic) bond motifs is 5. The van der Waals surface area contributed by atoms with Crippen molar-refractivity contribution in [2.45, 2.75) is 64.5 Å². The van der Waals surface area contributed by atoms with Gasteiger partial charge in [0.1, 0.15) is 5.75 Å². The van der Waals surface area contributed by atoms with E-state index in [4.69, 9.17) is 4.74 Å². The van der Waals surface area contributed by atoms with E-state index in [2.05, 4.69) is 41.5 Å². The van der Waals surface area contributed by atoms with Gasteiger partial charge in [-0.25, -0.2) is 4.79 Å². The quantitative estimate of drug-likeness (QED) is 0.462. The van der Waals surface area contributed by atoms with Crippen molar-refractivity contribution >= 4 is 35.0 Å². The highest BCUT2D eigenvalue weighted by atomic mass is 35.5. The molecule has 1 aliphatic carbocycles. The number of carboxylic acid groups (broad SMARTS) is 1. The van der Waals surface area contributed by atoms with E-state index in [1.807, 2.05) is 12.1 Å². The fraction of sp³-hybridized carbons (Fsp3) is 0.444. The number of rotatable bonds is 4. The van der Waals surface area contributed by atoms with E-state index in [1.165, 1.54) is 60.0 Å². The van der Waals surface area contributed by atoms with Gasteiger partial charge in [0.15, 0.2) is 0 Å². The van der Waals surface area contributed by atoms with Crippen molar-refractivity contribution in [2.75, 3.05) is 18.6 Å². The Morgan fingerprint density at radius 1 is 1.06 bits per heavy atom. The molecular formula is C27H33ClN2O3. The van der Waals surface area contributed by atoms with Gasteiger partial charge >= 0.3 is 5.97 Å². The van der Waals surface area contributed by atoms with E-state index in [0.717, 1.165) is 24.4 Å². The van der Waals surface area contributed by atoms with Gasteiger partial charge in [0.25, 0.3) is 0 Å². The van der Waals surface area contributed by atoms with E-state index in [1.54, 1.807) is 13.2 Å². The third kappa shape index (κ3) is 3.97. The first-order valence-electron chi connectivity index (χ1n) is 11.8. The maximum Gasteiger partial charge on any atom is 0.335 e. The molecule has 2 aromatic carbocycles. The molecule has 0 spiro atoms. The Morgan fingerprint density at radius 3 is 2.48 bits per heavy atom. The average Bonchev–Trinajstić information content (AvgIpc) is 3.02. The molecule has 2 aliphatic rings. The van der Waals surface area contributed by atoms with Gasteiger partial charge in [-0.15, -0.1) is 12.4 Å². The molecule has 5 nitrogen and oxygen atoms in total. The second-order valence-electron chi connectivity index (χ2n) is 9.46. The molecule has 1 saturated carbocycles. The Hall–Kier alpha value is -2.66. The smallest absolute Gasteiger partial charge is 0.335 e. The molecule has 5 rings (SSSR count). The Morgan fingerprint density at radius 2 is 1.82 bits per heavy atom. The molecular weight excluding hydrogens is 436 g/mol. The highest BCUT2D eigenvalue weighted by Gasteiger charge is 2.31. The minimum Gasteiger partial charge on any atom is -0.497 e. The van der Waals surface area contributed by atoms with E-state index in [0.29, 0.717) is 17.5 Å². The summed E-state index contributed by atoms with van der Waals surface area (Å²) in [5.41, 5.74) is 6.52. The predicted octanol–water partition coefficient (Wildman–Crippen LogP) is 6.71. The Labute approximate surface area is 201 Å². The summed E-state index contributed by atoms with van der Waals surface area (Å²) >= 11 is 0. The van der Waals surface area contributed by atoms with Crippen LogP contribution >= 0.6 is 12.4 Å². The normalized spacial score (nSPS) is 16.2. The van der Waals surface area contributed by atoms with Crippen LogP contribution in [0.1, 0.15) is 67.8 Å². The minimum absolute atomic E-state index is 0. The topological polar surface area (TPSA) is 54.7 Å². The zero-order valence-corrected chi connectivity index (χ0v) is 20.5. The van der Waals surface area contributed by atoms with Gasteiger partial charge in [0, 0.05) is 41.7 Å². The van der Waals surface area contributed by atoms with Crippen molar-refractivity contribution in [1.29, 1.82) is 0 Å². The molecule has 0 atom stereocenters. The molecule has 3 aromatic rings. The molecule has 0 saturated heterocycles. The summed E-state index contributed by atoms with van der Waals surface area (Å²) in [5.74, 6) is 0.509. The zero-order valence-electron chi connectivity index (χ0n) is 19.6. The lowest BCUT2D eigenvalue weighted by Gasteiger charge is -2.29. The molecule has 1 aromatic heterocycles. The summed E-state index contributed by atoms with van der Waals surface area (Å²) in [6.07, 6.45) is 6.23. The van der Waals surface area contributed by atoms with Crippen molar-refractivity contribution in [1.82, 2.24) is 4.57 Å². The predicted molar refractivity (Wildman–Crippen MR) is 136 cm³/mol. The fourth-order valence-corrected chi connectivity index (χ4v) is 5.78. The van der Waals surface area contributed by atoms with Crippen molar-refractivity contribution in [3.05, 3.63) is 47.5 Å². The van der Waals surface area contributed by atoms with Crippen LogP contribution in [0.3, 0.4) is 0 Å². The number of benzene rings is 2. The molecule has 0 amide bonds. The number of carboxylic acids is 1. The third-order valence-corrected chi connectivity index (χ3v) is 7.32. The molecule has 2 heterocycles. The first-order chi connectivity index (χ1) is 15.5. The SMILES string of the molecule is COc1ccc2c(c1)N(C(C)C)CCn1c-2c(C2CCCCC2)c2ccc(C(=O)O)cc21.Cl. The van der Waals surface area contributed by atoms with Crippen molar-refractivity contribution in [2.24, 2.45) is 0 Å². The van der Waals surface area contributed by atoms with Crippen LogP contribution in [0.4, 0.5) is 5.69 Å². The fourth-order valence-electron chi connectivity index (χ4n) is 5.78. The summed E-state index contributed by atoms with van der Waals surface area (Å²) in [4.78, 5) is 14.2. The highest BCUT2D eigenvalue weighted by molar-refractivity contribution is 5.99. The van der Waals surface area contributed by atoms with Gasteiger partial charge in [0.2, 0.25) is 0 Å². The molecule has 1 fully saturated rings. The number of methoxy groups -OCH3 is 1. The number of hydrogen-bond acceptors (Lipinski definition) is 3. The molecule has 176 valence electrons. The lowest BCUT2D eigenvalue weighted by molar-refractivity contribution is 0.0697. The monoisotopic (exact) mass is 468 g/mol. The standard InChI is InChI=1S/C27H32N2O3.ClH/c1-17(2)28-13-14-29-23-15-19(27(30)31)9-11-21(23)25(18-7-5-4-6-8-18)26(29)22-12-10-20(32-3)16-24(22)28;/h9-12,15-18H,4-8,13-14H2,1-3H3,(H,30,31);1H. The average molecular weight is 469 g/mol. The molecule has 33 heavy (non-hydrogen) atoms. The summed E-state index contributed by atoms with van der Waals surface area (Å²) in [6.45, 7) is 6.16. The summed E-state index contributed by atoms with van der Waals surface area (Å²) in [6, 6.07) is 12.5. The maximum atomic E-state index is 11.8. The second kappa shape index (κ2) is 9.30. The Kier molecular flexibility index (Phi) is 6.62. The van der Waals surface area contributed by atoms with Crippen molar-refractivity contribution in [3.63, 3.8) is 0 Å². The van der Waals surface area contributed by atoms with Crippen LogP contribution in [0.25, 0.3) is 22.2 Å². The Bertz CT molecular complexity index is 1180. The van der Waals surface area contributed by atoms with Crippen LogP contribution in [0.15, 0.2) is 36.4 Å².